The Kier molecular flexibility index (Phi) is 6.09. The van der Waals surface area contributed by atoms with Crippen LogP contribution in [0.5, 0.6) is 5.75 Å². The van der Waals surface area contributed by atoms with Gasteiger partial charge in [-0.15, -0.1) is 0 Å². The zero-order valence-corrected chi connectivity index (χ0v) is 18.3. The summed E-state index contributed by atoms with van der Waals surface area (Å²) in [5.41, 5.74) is 3.48. The van der Waals surface area contributed by atoms with Crippen molar-refractivity contribution in [2.45, 2.75) is 0 Å². The van der Waals surface area contributed by atoms with E-state index >= 15 is 0 Å². The normalized spacial score (nSPS) is 16.1. The zero-order valence-electron chi connectivity index (χ0n) is 17.5. The van der Waals surface area contributed by atoms with Crippen molar-refractivity contribution >= 4 is 40.6 Å². The van der Waals surface area contributed by atoms with Crippen LogP contribution in [-0.2, 0) is 4.79 Å². The molecule has 1 heterocycles. The van der Waals surface area contributed by atoms with Crippen molar-refractivity contribution in [3.8, 4) is 16.9 Å². The summed E-state index contributed by atoms with van der Waals surface area (Å²) >= 11 is 1.31. The molecule has 1 N–H and O–H groups in total. The minimum atomic E-state index is -0.968. The van der Waals surface area contributed by atoms with Crippen molar-refractivity contribution in [3.05, 3.63) is 88.8 Å². The number of nitrogens with zero attached hydrogens (tertiary/aromatic N) is 2. The summed E-state index contributed by atoms with van der Waals surface area (Å²) in [4.78, 5) is 30.7. The second-order valence-electron chi connectivity index (χ2n) is 7.08. The number of amides is 1. The number of ether oxygens (including phenoxy) is 1. The van der Waals surface area contributed by atoms with Gasteiger partial charge in [-0.2, -0.15) is 0 Å². The molecule has 1 fully saturated rings. The maximum absolute atomic E-state index is 12.8. The summed E-state index contributed by atoms with van der Waals surface area (Å²) in [7, 11) is 3.31. The van der Waals surface area contributed by atoms with Gasteiger partial charge in [-0.3, -0.25) is 9.69 Å². The number of carbonyl (C=O) groups is 2. The highest BCUT2D eigenvalue weighted by molar-refractivity contribution is 8.18. The first kappa shape index (κ1) is 21.4. The molecule has 6 nitrogen and oxygen atoms in total. The number of carbonyl (C=O) groups excluding carboxylic acids is 1. The molecule has 3 aromatic carbocycles. The number of aliphatic imine (C=N–C) groups is 1. The number of amidine groups is 1. The predicted octanol–water partition coefficient (Wildman–Crippen LogP) is 5.29. The predicted molar refractivity (Wildman–Crippen MR) is 127 cm³/mol. The van der Waals surface area contributed by atoms with E-state index in [4.69, 9.17) is 4.74 Å². The standard InChI is InChI=1S/C25H20N2O4S/c1-27-23(28)22(32-25(27)26-20-9-11-21(31-2)12-10-20)14-16-5-3-6-17(13-16)18-7-4-8-19(15-18)24(29)30/h3-15H,1-2H3,(H,29,30)/b22-14-,26-25+. The third-order valence-electron chi connectivity index (χ3n) is 4.93. The Morgan fingerprint density at radius 2 is 1.72 bits per heavy atom. The van der Waals surface area contributed by atoms with Gasteiger partial charge < -0.3 is 9.84 Å². The number of hydrogen-bond donors (Lipinski definition) is 1. The molecule has 0 saturated carbocycles. The number of thioether (sulfide) groups is 1. The number of likely N-dealkylation sites (N-methyl/N-ethyl adjacent to an activating group) is 1. The Morgan fingerprint density at radius 1 is 1.03 bits per heavy atom. The second-order valence-corrected chi connectivity index (χ2v) is 8.09. The maximum Gasteiger partial charge on any atom is 0.335 e. The van der Waals surface area contributed by atoms with Gasteiger partial charge in [-0.1, -0.05) is 30.3 Å². The molecule has 0 aliphatic carbocycles. The zero-order chi connectivity index (χ0) is 22.7. The van der Waals surface area contributed by atoms with Crippen LogP contribution in [0.15, 0.2) is 82.7 Å². The second kappa shape index (κ2) is 9.11. The van der Waals surface area contributed by atoms with Crippen LogP contribution < -0.4 is 4.74 Å². The molecule has 32 heavy (non-hydrogen) atoms. The highest BCUT2D eigenvalue weighted by Gasteiger charge is 2.30. The van der Waals surface area contributed by atoms with Crippen molar-refractivity contribution in [1.82, 2.24) is 4.90 Å². The van der Waals surface area contributed by atoms with Gasteiger partial charge in [0, 0.05) is 7.05 Å². The Balaban J connectivity index is 1.60. The first-order valence-electron chi connectivity index (χ1n) is 9.79. The SMILES string of the molecule is COc1ccc(/N=C2/S/C(=C\c3cccc(-c4cccc(C(=O)O)c4)c3)C(=O)N2C)cc1. The van der Waals surface area contributed by atoms with Crippen LogP contribution in [0, 0.1) is 0 Å². The monoisotopic (exact) mass is 444 g/mol. The first-order chi connectivity index (χ1) is 15.4. The van der Waals surface area contributed by atoms with E-state index in [1.165, 1.54) is 16.7 Å². The third-order valence-corrected chi connectivity index (χ3v) is 5.99. The summed E-state index contributed by atoms with van der Waals surface area (Å²) in [5.74, 6) is -0.350. The Hall–Kier alpha value is -3.84. The van der Waals surface area contributed by atoms with Gasteiger partial charge in [0.25, 0.3) is 5.91 Å². The van der Waals surface area contributed by atoms with Crippen LogP contribution in [0.2, 0.25) is 0 Å². The molecule has 0 unspecified atom stereocenters. The summed E-state index contributed by atoms with van der Waals surface area (Å²) in [6.45, 7) is 0. The van der Waals surface area contributed by atoms with Gasteiger partial charge in [0.15, 0.2) is 5.17 Å². The van der Waals surface area contributed by atoms with E-state index in [1.807, 2.05) is 60.7 Å². The number of methoxy groups -OCH3 is 1. The smallest absolute Gasteiger partial charge is 0.335 e. The lowest BCUT2D eigenvalue weighted by molar-refractivity contribution is -0.121. The van der Waals surface area contributed by atoms with E-state index < -0.39 is 5.97 Å². The summed E-state index contributed by atoms with van der Waals surface area (Å²) in [5, 5.41) is 9.83. The van der Waals surface area contributed by atoms with E-state index in [0.29, 0.717) is 10.1 Å². The lowest BCUT2D eigenvalue weighted by atomic mass is 10.0. The molecule has 160 valence electrons. The highest BCUT2D eigenvalue weighted by Crippen LogP contribution is 2.34. The van der Waals surface area contributed by atoms with Crippen LogP contribution in [0.25, 0.3) is 17.2 Å². The molecule has 0 spiro atoms. The average molecular weight is 445 g/mol. The topological polar surface area (TPSA) is 79.2 Å². The summed E-state index contributed by atoms with van der Waals surface area (Å²) in [6.07, 6.45) is 1.82. The molecule has 4 rings (SSSR count). The molecule has 7 heteroatoms. The summed E-state index contributed by atoms with van der Waals surface area (Å²) < 4.78 is 5.16. The largest absolute Gasteiger partial charge is 0.497 e. The molecular formula is C25H20N2O4S. The van der Waals surface area contributed by atoms with Gasteiger partial charge in [0.1, 0.15) is 5.75 Å². The molecule has 3 aromatic rings. The van der Waals surface area contributed by atoms with Gasteiger partial charge >= 0.3 is 5.97 Å². The molecule has 0 aromatic heterocycles. The van der Waals surface area contributed by atoms with E-state index in [1.54, 1.807) is 32.4 Å². The number of carboxylic acids is 1. The molecule has 1 saturated heterocycles. The fraction of sp³-hybridized carbons (Fsp3) is 0.0800. The first-order valence-corrected chi connectivity index (χ1v) is 10.6. The van der Waals surface area contributed by atoms with Crippen LogP contribution in [-0.4, -0.2) is 41.2 Å². The van der Waals surface area contributed by atoms with E-state index in [-0.39, 0.29) is 11.5 Å². The Labute approximate surface area is 189 Å². The molecule has 0 bridgehead atoms. The lowest BCUT2D eigenvalue weighted by Crippen LogP contribution is -2.23. The van der Waals surface area contributed by atoms with E-state index in [0.717, 1.165) is 28.1 Å². The molecule has 1 aliphatic rings. The van der Waals surface area contributed by atoms with Crippen molar-refractivity contribution < 1.29 is 19.4 Å². The van der Waals surface area contributed by atoms with Gasteiger partial charge in [0.2, 0.25) is 0 Å². The van der Waals surface area contributed by atoms with Gasteiger partial charge in [0.05, 0.1) is 23.3 Å². The van der Waals surface area contributed by atoms with E-state index in [9.17, 15) is 14.7 Å². The minimum Gasteiger partial charge on any atom is -0.497 e. The van der Waals surface area contributed by atoms with Crippen LogP contribution >= 0.6 is 11.8 Å². The fourth-order valence-electron chi connectivity index (χ4n) is 3.21. The average Bonchev–Trinajstić information content (AvgIpc) is 3.07. The molecule has 0 atom stereocenters. The molecule has 1 amide bonds. The molecule has 1 aliphatic heterocycles. The van der Waals surface area contributed by atoms with Crippen molar-refractivity contribution in [2.24, 2.45) is 4.99 Å². The van der Waals surface area contributed by atoms with E-state index in [2.05, 4.69) is 4.99 Å². The van der Waals surface area contributed by atoms with Gasteiger partial charge in [-0.05, 0) is 77.0 Å². The number of aromatic carboxylic acids is 1. The third kappa shape index (κ3) is 4.58. The number of hydrogen-bond acceptors (Lipinski definition) is 5. The molecular weight excluding hydrogens is 424 g/mol. The van der Waals surface area contributed by atoms with Crippen LogP contribution in [0.3, 0.4) is 0 Å². The number of rotatable bonds is 5. The Bertz CT molecular complexity index is 1250. The highest BCUT2D eigenvalue weighted by atomic mass is 32.2. The summed E-state index contributed by atoms with van der Waals surface area (Å²) in [6, 6.07) is 21.7. The van der Waals surface area contributed by atoms with Crippen LogP contribution in [0.1, 0.15) is 15.9 Å². The van der Waals surface area contributed by atoms with Crippen molar-refractivity contribution in [2.75, 3.05) is 14.2 Å². The fourth-order valence-corrected chi connectivity index (χ4v) is 4.20. The van der Waals surface area contributed by atoms with Crippen molar-refractivity contribution in [3.63, 3.8) is 0 Å². The van der Waals surface area contributed by atoms with Crippen LogP contribution in [0.4, 0.5) is 5.69 Å². The number of carboxylic acid groups (broad SMARTS) is 1. The minimum absolute atomic E-state index is 0.125. The Morgan fingerprint density at radius 3 is 2.41 bits per heavy atom. The lowest BCUT2D eigenvalue weighted by Gasteiger charge is -2.07. The van der Waals surface area contributed by atoms with Gasteiger partial charge in [-0.25, -0.2) is 9.79 Å². The number of benzene rings is 3. The van der Waals surface area contributed by atoms with Crippen molar-refractivity contribution in [1.29, 1.82) is 0 Å². The quantitative estimate of drug-likeness (QED) is 0.541. The molecule has 0 radical (unpaired) electrons. The maximum atomic E-state index is 12.8.